The normalized spacial score (nSPS) is 11.5. The number of benzene rings is 1. The van der Waals surface area contributed by atoms with Crippen molar-refractivity contribution in [3.05, 3.63) is 46.9 Å². The van der Waals surface area contributed by atoms with Crippen LogP contribution < -0.4 is 10.6 Å². The first-order valence-electron chi connectivity index (χ1n) is 7.91. The molecule has 0 atom stereocenters. The number of rotatable bonds is 6. The monoisotopic (exact) mass is 386 g/mol. The maximum absolute atomic E-state index is 12.8. The van der Waals surface area contributed by atoms with Crippen LogP contribution >= 0.6 is 11.6 Å². The van der Waals surface area contributed by atoms with Gasteiger partial charge in [-0.15, -0.1) is 0 Å². The molecule has 1 aromatic heterocycles. The first-order chi connectivity index (χ1) is 12.2. The first-order valence-corrected chi connectivity index (χ1v) is 8.28. The summed E-state index contributed by atoms with van der Waals surface area (Å²) in [5.74, 6) is 0.275. The number of hydrogen-bond acceptors (Lipinski definition) is 4. The Labute approximate surface area is 154 Å². The molecule has 2 N–H and O–H groups in total. The minimum Gasteiger partial charge on any atom is -0.351 e. The third-order valence-corrected chi connectivity index (χ3v) is 3.78. The van der Waals surface area contributed by atoms with Gasteiger partial charge < -0.3 is 10.6 Å². The van der Waals surface area contributed by atoms with Crippen LogP contribution in [0.4, 0.5) is 24.7 Å². The fourth-order valence-corrected chi connectivity index (χ4v) is 2.17. The summed E-state index contributed by atoms with van der Waals surface area (Å²) >= 11 is 5.92. The van der Waals surface area contributed by atoms with E-state index in [0.29, 0.717) is 12.5 Å². The second-order valence-corrected chi connectivity index (χ2v) is 6.45. The summed E-state index contributed by atoms with van der Waals surface area (Å²) in [6.07, 6.45) is -1.14. The van der Waals surface area contributed by atoms with Gasteiger partial charge in [0.1, 0.15) is 11.5 Å². The van der Waals surface area contributed by atoms with Crippen LogP contribution in [-0.2, 0) is 6.18 Å². The molecule has 0 fully saturated rings. The molecule has 26 heavy (non-hydrogen) atoms. The topological polar surface area (TPSA) is 66.9 Å². The fraction of sp³-hybridized carbons (Fsp3) is 0.353. The van der Waals surface area contributed by atoms with Crippen LogP contribution in [0.1, 0.15) is 36.3 Å². The Bertz CT molecular complexity index is 764. The average molecular weight is 387 g/mol. The zero-order valence-electron chi connectivity index (χ0n) is 14.2. The first kappa shape index (κ1) is 20.0. The van der Waals surface area contributed by atoms with E-state index in [1.807, 2.05) is 13.8 Å². The van der Waals surface area contributed by atoms with E-state index in [1.54, 1.807) is 0 Å². The molecule has 1 amide bonds. The number of nitrogens with zero attached hydrogens (tertiary/aromatic N) is 2. The highest BCUT2D eigenvalue weighted by Gasteiger charge is 2.31. The summed E-state index contributed by atoms with van der Waals surface area (Å²) in [4.78, 5) is 19.9. The second-order valence-electron chi connectivity index (χ2n) is 6.04. The molecule has 0 saturated carbocycles. The molecule has 0 aliphatic heterocycles. The zero-order valence-corrected chi connectivity index (χ0v) is 14.9. The van der Waals surface area contributed by atoms with Crippen molar-refractivity contribution in [2.75, 3.05) is 11.9 Å². The number of amides is 1. The highest BCUT2D eigenvalue weighted by molar-refractivity contribution is 6.33. The summed E-state index contributed by atoms with van der Waals surface area (Å²) in [6, 6.07) is 2.93. The molecular weight excluding hydrogens is 369 g/mol. The van der Waals surface area contributed by atoms with E-state index >= 15 is 0 Å². The van der Waals surface area contributed by atoms with Crippen LogP contribution in [0.25, 0.3) is 0 Å². The summed E-state index contributed by atoms with van der Waals surface area (Å²) < 4.78 is 38.4. The van der Waals surface area contributed by atoms with Gasteiger partial charge in [-0.3, -0.25) is 4.79 Å². The Morgan fingerprint density at radius 2 is 1.96 bits per heavy atom. The molecule has 0 aliphatic carbocycles. The van der Waals surface area contributed by atoms with Crippen LogP contribution in [-0.4, -0.2) is 22.4 Å². The number of nitrogens with one attached hydrogen (secondary N) is 2. The molecule has 1 aromatic carbocycles. The molecule has 0 bridgehead atoms. The van der Waals surface area contributed by atoms with Gasteiger partial charge in [0.2, 0.25) is 0 Å². The van der Waals surface area contributed by atoms with Gasteiger partial charge in [0, 0.05) is 6.54 Å². The molecule has 0 aliphatic rings. The van der Waals surface area contributed by atoms with Gasteiger partial charge in [0.15, 0.2) is 0 Å². The molecule has 5 nitrogen and oxygen atoms in total. The lowest BCUT2D eigenvalue weighted by molar-refractivity contribution is -0.137. The minimum absolute atomic E-state index is 0.0462. The second kappa shape index (κ2) is 8.35. The van der Waals surface area contributed by atoms with Crippen LogP contribution in [0.5, 0.6) is 0 Å². The fourth-order valence-electron chi connectivity index (χ4n) is 2.01. The van der Waals surface area contributed by atoms with E-state index in [9.17, 15) is 18.0 Å². The lowest BCUT2D eigenvalue weighted by Crippen LogP contribution is -2.26. The van der Waals surface area contributed by atoms with E-state index in [2.05, 4.69) is 20.6 Å². The van der Waals surface area contributed by atoms with Gasteiger partial charge in [-0.25, -0.2) is 9.97 Å². The van der Waals surface area contributed by atoms with E-state index < -0.39 is 11.7 Å². The zero-order chi connectivity index (χ0) is 19.3. The standard InChI is InChI=1S/C17H18ClF3N4O/c1-10(2)5-6-22-16(26)14-8-24-15(9-23-14)25-13-7-11(17(19,20)21)3-4-12(13)18/h3-4,7-10H,5-6H2,1-2H3,(H,22,26)(H,24,25). The van der Waals surface area contributed by atoms with Gasteiger partial charge in [-0.1, -0.05) is 25.4 Å². The highest BCUT2D eigenvalue weighted by atomic mass is 35.5. The Balaban J connectivity index is 2.06. The molecule has 2 aromatic rings. The Morgan fingerprint density at radius 1 is 1.23 bits per heavy atom. The number of hydrogen-bond donors (Lipinski definition) is 2. The molecule has 9 heteroatoms. The van der Waals surface area contributed by atoms with Crippen LogP contribution in [0.2, 0.25) is 5.02 Å². The van der Waals surface area contributed by atoms with Crippen LogP contribution in [0.3, 0.4) is 0 Å². The molecule has 1 heterocycles. The molecule has 2 rings (SSSR count). The van der Waals surface area contributed by atoms with Crippen molar-refractivity contribution in [1.82, 2.24) is 15.3 Å². The van der Waals surface area contributed by atoms with Crippen molar-refractivity contribution in [3.8, 4) is 0 Å². The number of alkyl halides is 3. The van der Waals surface area contributed by atoms with E-state index in [-0.39, 0.29) is 28.1 Å². The highest BCUT2D eigenvalue weighted by Crippen LogP contribution is 2.34. The third-order valence-electron chi connectivity index (χ3n) is 3.45. The molecule has 0 spiro atoms. The quantitative estimate of drug-likeness (QED) is 0.757. The van der Waals surface area contributed by atoms with Gasteiger partial charge in [-0.05, 0) is 30.5 Å². The Kier molecular flexibility index (Phi) is 6.42. The predicted molar refractivity (Wildman–Crippen MR) is 93.6 cm³/mol. The Hall–Kier alpha value is -2.35. The van der Waals surface area contributed by atoms with Gasteiger partial charge >= 0.3 is 6.18 Å². The summed E-state index contributed by atoms with van der Waals surface area (Å²) in [6.45, 7) is 4.62. The molecule has 0 unspecified atom stereocenters. The number of carbonyl (C=O) groups excluding carboxylic acids is 1. The van der Waals surface area contributed by atoms with Gasteiger partial charge in [0.05, 0.1) is 28.7 Å². The average Bonchev–Trinajstić information content (AvgIpc) is 2.56. The number of carbonyl (C=O) groups is 1. The van der Waals surface area contributed by atoms with Gasteiger partial charge in [0.25, 0.3) is 5.91 Å². The largest absolute Gasteiger partial charge is 0.416 e. The summed E-state index contributed by atoms with van der Waals surface area (Å²) in [5, 5.41) is 5.50. The van der Waals surface area contributed by atoms with Crippen molar-refractivity contribution in [1.29, 1.82) is 0 Å². The van der Waals surface area contributed by atoms with E-state index in [4.69, 9.17) is 11.6 Å². The molecular formula is C17H18ClF3N4O. The predicted octanol–water partition coefficient (Wildman–Crippen LogP) is 4.67. The lowest BCUT2D eigenvalue weighted by Gasteiger charge is -2.12. The lowest BCUT2D eigenvalue weighted by atomic mass is 10.1. The van der Waals surface area contributed by atoms with Crippen molar-refractivity contribution in [2.24, 2.45) is 5.92 Å². The van der Waals surface area contributed by atoms with Crippen LogP contribution in [0.15, 0.2) is 30.6 Å². The van der Waals surface area contributed by atoms with Crippen molar-refractivity contribution >= 4 is 29.0 Å². The number of aromatic nitrogens is 2. The number of halogens is 4. The molecule has 0 saturated heterocycles. The smallest absolute Gasteiger partial charge is 0.351 e. The summed E-state index contributed by atoms with van der Waals surface area (Å²) in [5.41, 5.74) is -0.669. The Morgan fingerprint density at radius 3 is 2.54 bits per heavy atom. The van der Waals surface area contributed by atoms with Crippen molar-refractivity contribution < 1.29 is 18.0 Å². The number of anilines is 2. The maximum Gasteiger partial charge on any atom is 0.416 e. The summed E-state index contributed by atoms with van der Waals surface area (Å²) in [7, 11) is 0. The third kappa shape index (κ3) is 5.59. The minimum atomic E-state index is -4.48. The van der Waals surface area contributed by atoms with E-state index in [0.717, 1.165) is 24.6 Å². The maximum atomic E-state index is 12.8. The van der Waals surface area contributed by atoms with E-state index in [1.165, 1.54) is 12.4 Å². The molecule has 0 radical (unpaired) electrons. The van der Waals surface area contributed by atoms with Gasteiger partial charge in [-0.2, -0.15) is 13.2 Å². The SMILES string of the molecule is CC(C)CCNC(=O)c1cnc(Nc2cc(C(F)(F)F)ccc2Cl)cn1. The van der Waals surface area contributed by atoms with Crippen molar-refractivity contribution in [2.45, 2.75) is 26.4 Å². The van der Waals surface area contributed by atoms with Crippen molar-refractivity contribution in [3.63, 3.8) is 0 Å². The van der Waals surface area contributed by atoms with Crippen LogP contribution in [0, 0.1) is 5.92 Å². The molecule has 140 valence electrons.